The maximum atomic E-state index is 12.6. The Labute approximate surface area is 127 Å². The SMILES string of the molecule is Nc1ccc(C(=O)c2cc3[nH]c(=O)[nH]c3cc2Br)c(N)c1. The highest BCUT2D eigenvalue weighted by Crippen LogP contribution is 2.26. The first-order chi connectivity index (χ1) is 9.95. The molecule has 0 radical (unpaired) electrons. The second-order valence-electron chi connectivity index (χ2n) is 4.63. The van der Waals surface area contributed by atoms with Gasteiger partial charge in [0.2, 0.25) is 0 Å². The van der Waals surface area contributed by atoms with Crippen LogP contribution in [0.25, 0.3) is 11.0 Å². The average molecular weight is 347 g/mol. The van der Waals surface area contributed by atoms with Gasteiger partial charge in [0.25, 0.3) is 0 Å². The third kappa shape index (κ3) is 2.31. The number of hydrogen-bond donors (Lipinski definition) is 4. The molecular formula is C14H11BrN4O2. The number of benzene rings is 2. The summed E-state index contributed by atoms with van der Waals surface area (Å²) in [5.74, 6) is -0.247. The molecule has 0 fully saturated rings. The highest BCUT2D eigenvalue weighted by atomic mass is 79.9. The van der Waals surface area contributed by atoms with Gasteiger partial charge in [0.05, 0.1) is 11.0 Å². The van der Waals surface area contributed by atoms with Crippen molar-refractivity contribution in [2.45, 2.75) is 0 Å². The number of ketones is 1. The molecule has 0 amide bonds. The zero-order valence-corrected chi connectivity index (χ0v) is 12.3. The molecule has 0 bridgehead atoms. The van der Waals surface area contributed by atoms with Gasteiger partial charge < -0.3 is 21.4 Å². The summed E-state index contributed by atoms with van der Waals surface area (Å²) in [6.07, 6.45) is 0. The molecule has 2 aromatic carbocycles. The predicted molar refractivity (Wildman–Crippen MR) is 85.3 cm³/mol. The number of rotatable bonds is 2. The fraction of sp³-hybridized carbons (Fsp3) is 0. The first-order valence-corrected chi connectivity index (χ1v) is 6.86. The lowest BCUT2D eigenvalue weighted by Crippen LogP contribution is -2.07. The van der Waals surface area contributed by atoms with Crippen LogP contribution in [-0.4, -0.2) is 15.8 Å². The maximum Gasteiger partial charge on any atom is 0.323 e. The molecule has 1 heterocycles. The van der Waals surface area contributed by atoms with Crippen LogP contribution in [0.3, 0.4) is 0 Å². The Balaban J connectivity index is 2.16. The van der Waals surface area contributed by atoms with E-state index in [0.29, 0.717) is 38.0 Å². The molecule has 106 valence electrons. The van der Waals surface area contributed by atoms with Gasteiger partial charge in [-0.1, -0.05) is 0 Å². The van der Waals surface area contributed by atoms with Crippen molar-refractivity contribution >= 4 is 44.1 Å². The second kappa shape index (κ2) is 4.78. The average Bonchev–Trinajstić information content (AvgIpc) is 2.76. The van der Waals surface area contributed by atoms with E-state index in [9.17, 15) is 9.59 Å². The minimum Gasteiger partial charge on any atom is -0.399 e. The third-order valence-electron chi connectivity index (χ3n) is 3.17. The van der Waals surface area contributed by atoms with Crippen molar-refractivity contribution < 1.29 is 4.79 Å². The van der Waals surface area contributed by atoms with Crippen LogP contribution < -0.4 is 17.2 Å². The molecule has 1 aromatic heterocycles. The number of carbonyl (C=O) groups is 1. The molecule has 6 nitrogen and oxygen atoms in total. The van der Waals surface area contributed by atoms with E-state index >= 15 is 0 Å². The van der Waals surface area contributed by atoms with Crippen molar-refractivity contribution in [1.82, 2.24) is 9.97 Å². The van der Waals surface area contributed by atoms with E-state index in [2.05, 4.69) is 25.9 Å². The smallest absolute Gasteiger partial charge is 0.323 e. The number of imidazole rings is 1. The van der Waals surface area contributed by atoms with E-state index in [-0.39, 0.29) is 11.5 Å². The van der Waals surface area contributed by atoms with Gasteiger partial charge in [0, 0.05) is 27.0 Å². The zero-order valence-electron chi connectivity index (χ0n) is 10.7. The molecule has 0 saturated heterocycles. The maximum absolute atomic E-state index is 12.6. The Morgan fingerprint density at radius 2 is 1.67 bits per heavy atom. The number of nitrogens with one attached hydrogen (secondary N) is 2. The fourth-order valence-corrected chi connectivity index (χ4v) is 2.69. The van der Waals surface area contributed by atoms with E-state index in [1.165, 1.54) is 6.07 Å². The van der Waals surface area contributed by atoms with Crippen molar-refractivity contribution in [3.63, 3.8) is 0 Å². The van der Waals surface area contributed by atoms with E-state index < -0.39 is 0 Å². The van der Waals surface area contributed by atoms with E-state index in [4.69, 9.17) is 11.5 Å². The van der Waals surface area contributed by atoms with Crippen molar-refractivity contribution in [2.24, 2.45) is 0 Å². The fourth-order valence-electron chi connectivity index (χ4n) is 2.16. The number of nitrogens with two attached hydrogens (primary N) is 2. The number of aromatic nitrogens is 2. The van der Waals surface area contributed by atoms with Crippen LogP contribution in [0, 0.1) is 0 Å². The van der Waals surface area contributed by atoms with Gasteiger partial charge in [-0.2, -0.15) is 0 Å². The molecule has 3 aromatic rings. The van der Waals surface area contributed by atoms with Crippen molar-refractivity contribution in [3.8, 4) is 0 Å². The van der Waals surface area contributed by atoms with Crippen molar-refractivity contribution in [3.05, 3.63) is 56.4 Å². The molecular weight excluding hydrogens is 336 g/mol. The van der Waals surface area contributed by atoms with Gasteiger partial charge in [0.15, 0.2) is 5.78 Å². The normalized spacial score (nSPS) is 10.9. The van der Waals surface area contributed by atoms with Crippen LogP contribution in [0.2, 0.25) is 0 Å². The largest absolute Gasteiger partial charge is 0.399 e. The van der Waals surface area contributed by atoms with Gasteiger partial charge >= 0.3 is 5.69 Å². The third-order valence-corrected chi connectivity index (χ3v) is 3.82. The van der Waals surface area contributed by atoms with Crippen LogP contribution in [0.5, 0.6) is 0 Å². The highest BCUT2D eigenvalue weighted by molar-refractivity contribution is 9.10. The minimum atomic E-state index is -0.325. The Hall–Kier alpha value is -2.54. The number of halogens is 1. The quantitative estimate of drug-likeness (QED) is 0.419. The lowest BCUT2D eigenvalue weighted by atomic mass is 10.0. The number of aromatic amines is 2. The molecule has 6 N–H and O–H groups in total. The second-order valence-corrected chi connectivity index (χ2v) is 5.49. The summed E-state index contributed by atoms with van der Waals surface area (Å²) in [5.41, 5.74) is 13.9. The van der Waals surface area contributed by atoms with Crippen LogP contribution in [0.4, 0.5) is 11.4 Å². The van der Waals surface area contributed by atoms with Gasteiger partial charge in [-0.05, 0) is 46.3 Å². The van der Waals surface area contributed by atoms with Crippen molar-refractivity contribution in [2.75, 3.05) is 11.5 Å². The van der Waals surface area contributed by atoms with Gasteiger partial charge in [-0.15, -0.1) is 0 Å². The molecule has 0 aliphatic heterocycles. The van der Waals surface area contributed by atoms with Gasteiger partial charge in [0.1, 0.15) is 0 Å². The number of carbonyl (C=O) groups excluding carboxylic acids is 1. The van der Waals surface area contributed by atoms with Gasteiger partial charge in [-0.3, -0.25) is 4.79 Å². The zero-order chi connectivity index (χ0) is 15.1. The minimum absolute atomic E-state index is 0.247. The monoisotopic (exact) mass is 346 g/mol. The molecule has 0 atom stereocenters. The number of nitrogen functional groups attached to an aromatic ring is 2. The van der Waals surface area contributed by atoms with Gasteiger partial charge in [-0.25, -0.2) is 4.79 Å². The lowest BCUT2D eigenvalue weighted by molar-refractivity contribution is 0.103. The van der Waals surface area contributed by atoms with Crippen LogP contribution in [0.15, 0.2) is 39.6 Å². The molecule has 0 aliphatic rings. The summed E-state index contributed by atoms with van der Waals surface area (Å²) < 4.78 is 0.575. The highest BCUT2D eigenvalue weighted by Gasteiger charge is 2.17. The topological polar surface area (TPSA) is 118 Å². The number of H-pyrrole nitrogens is 2. The molecule has 0 saturated carbocycles. The van der Waals surface area contributed by atoms with E-state index in [0.717, 1.165) is 0 Å². The Kier molecular flexibility index (Phi) is 3.06. The standard InChI is InChI=1S/C14H11BrN4O2/c15-9-5-12-11(18-14(21)19-12)4-8(9)13(20)7-2-1-6(16)3-10(7)17/h1-5H,16-17H2,(H2,18,19,21). The molecule has 0 spiro atoms. The first-order valence-electron chi connectivity index (χ1n) is 6.07. The summed E-state index contributed by atoms with van der Waals surface area (Å²) in [6.45, 7) is 0. The summed E-state index contributed by atoms with van der Waals surface area (Å²) >= 11 is 3.34. The predicted octanol–water partition coefficient (Wildman–Crippen LogP) is 2.01. The summed E-state index contributed by atoms with van der Waals surface area (Å²) in [7, 11) is 0. The van der Waals surface area contributed by atoms with E-state index in [1.807, 2.05) is 0 Å². The Bertz CT molecular complexity index is 926. The Morgan fingerprint density at radius 3 is 2.33 bits per heavy atom. The molecule has 21 heavy (non-hydrogen) atoms. The first kappa shape index (κ1) is 13.4. The number of anilines is 2. The van der Waals surface area contributed by atoms with E-state index in [1.54, 1.807) is 24.3 Å². The summed E-state index contributed by atoms with van der Waals surface area (Å²) in [6, 6.07) is 8.03. The summed E-state index contributed by atoms with van der Waals surface area (Å²) in [5, 5.41) is 0. The number of hydrogen-bond acceptors (Lipinski definition) is 4. The summed E-state index contributed by atoms with van der Waals surface area (Å²) in [4.78, 5) is 29.1. The lowest BCUT2D eigenvalue weighted by Gasteiger charge is -2.07. The molecule has 3 rings (SSSR count). The van der Waals surface area contributed by atoms with Crippen molar-refractivity contribution in [1.29, 1.82) is 0 Å². The van der Waals surface area contributed by atoms with Crippen LogP contribution in [0.1, 0.15) is 15.9 Å². The number of fused-ring (bicyclic) bond motifs is 1. The molecule has 0 aliphatic carbocycles. The Morgan fingerprint density at radius 1 is 1.00 bits per heavy atom. The van der Waals surface area contributed by atoms with Crippen LogP contribution >= 0.6 is 15.9 Å². The molecule has 0 unspecified atom stereocenters. The van der Waals surface area contributed by atoms with Crippen LogP contribution in [-0.2, 0) is 0 Å². The molecule has 7 heteroatoms.